The van der Waals surface area contributed by atoms with E-state index in [2.05, 4.69) is 73.6 Å². The first kappa shape index (κ1) is 30.9. The molecule has 3 saturated carbocycles. The minimum atomic E-state index is -1.99. The summed E-state index contributed by atoms with van der Waals surface area (Å²) in [6.07, 6.45) is 27.1. The third kappa shape index (κ3) is 5.28. The number of hydrogen-bond acceptors (Lipinski definition) is 2. The van der Waals surface area contributed by atoms with E-state index in [-0.39, 0.29) is 5.92 Å². The van der Waals surface area contributed by atoms with Gasteiger partial charge < -0.3 is 10.6 Å². The second-order valence-electron chi connectivity index (χ2n) is 14.1. The summed E-state index contributed by atoms with van der Waals surface area (Å²) in [5.74, 6) is 4.41. The Kier molecular flexibility index (Phi) is 9.37. The van der Waals surface area contributed by atoms with Gasteiger partial charge in [0.2, 0.25) is 0 Å². The molecule has 5 aliphatic rings. The molecule has 3 unspecified atom stereocenters. The van der Waals surface area contributed by atoms with Gasteiger partial charge in [-0.25, -0.2) is 0 Å². The molecular weight excluding hydrogens is 574 g/mol. The van der Waals surface area contributed by atoms with Crippen LogP contribution in [-0.2, 0) is 4.87 Å². The Balaban J connectivity index is 1.65. The summed E-state index contributed by atoms with van der Waals surface area (Å²) in [5, 5.41) is 7.34. The lowest BCUT2D eigenvalue weighted by Gasteiger charge is -2.61. The van der Waals surface area contributed by atoms with Gasteiger partial charge in [-0.15, -0.1) is 23.2 Å². The van der Waals surface area contributed by atoms with E-state index >= 15 is 0 Å². The van der Waals surface area contributed by atoms with Gasteiger partial charge in [0.1, 0.15) is 5.82 Å². The van der Waals surface area contributed by atoms with Gasteiger partial charge in [0, 0.05) is 24.6 Å². The van der Waals surface area contributed by atoms with E-state index < -0.39 is 16.4 Å². The lowest BCUT2D eigenvalue weighted by Crippen LogP contribution is -2.52. The van der Waals surface area contributed by atoms with Crippen LogP contribution in [0, 0.1) is 26.7 Å². The minimum absolute atomic E-state index is 0.263. The molecule has 1 heterocycles. The summed E-state index contributed by atoms with van der Waals surface area (Å²) < 4.78 is -0.449. The first-order chi connectivity index (χ1) is 20.3. The van der Waals surface area contributed by atoms with Crippen molar-refractivity contribution in [2.45, 2.75) is 131 Å². The van der Waals surface area contributed by atoms with Crippen LogP contribution in [0.3, 0.4) is 0 Å². The zero-order valence-electron chi connectivity index (χ0n) is 26.3. The van der Waals surface area contributed by atoms with E-state index in [0.29, 0.717) is 11.3 Å². The smallest absolute Gasteiger partial charge is 0.103 e. The number of allylic oxidation sites excluding steroid dienone is 5. The first-order valence-corrected chi connectivity index (χ1v) is 19.8. The van der Waals surface area contributed by atoms with Crippen LogP contribution in [0.5, 0.6) is 0 Å². The standard InChI is InChI=1S/C37H53Cl2N2P/c1-27-24-28(2)34(29(3)25-27)36(38)20-12-13-21-37(36,39)42(31-15-6-4-7-16-31,32-17-8-5-9-18-32)26-30-14-10-11-19-33(30)35-40-22-23-41-35/h10-11,14,19,24-26,30-32,40-41H,4-9,12-13,15-18,20-23H2,1-3H3. The van der Waals surface area contributed by atoms with E-state index in [1.54, 1.807) is 0 Å². The van der Waals surface area contributed by atoms with Gasteiger partial charge in [-0.05, 0) is 87.3 Å². The van der Waals surface area contributed by atoms with Crippen molar-refractivity contribution < 1.29 is 0 Å². The molecule has 3 atom stereocenters. The Bertz CT molecular complexity index is 1250. The van der Waals surface area contributed by atoms with Crippen LogP contribution >= 0.6 is 30.1 Å². The van der Waals surface area contributed by atoms with Gasteiger partial charge in [-0.3, -0.25) is 0 Å². The Labute approximate surface area is 266 Å². The maximum atomic E-state index is 8.71. The topological polar surface area (TPSA) is 24.1 Å². The Morgan fingerprint density at radius 1 is 0.762 bits per heavy atom. The van der Waals surface area contributed by atoms with Crippen molar-refractivity contribution >= 4 is 35.9 Å². The maximum absolute atomic E-state index is 8.71. The summed E-state index contributed by atoms with van der Waals surface area (Å²) in [4.78, 5) is -0.556. The molecule has 6 rings (SSSR count). The fourth-order valence-corrected chi connectivity index (χ4v) is 19.2. The summed E-state index contributed by atoms with van der Waals surface area (Å²) >= 11 is 17.1. The molecule has 230 valence electrons. The first-order valence-electron chi connectivity index (χ1n) is 17.1. The molecule has 1 saturated heterocycles. The van der Waals surface area contributed by atoms with E-state index in [1.165, 1.54) is 104 Å². The highest BCUT2D eigenvalue weighted by Crippen LogP contribution is 2.81. The number of halogens is 2. The normalized spacial score (nSPS) is 31.2. The van der Waals surface area contributed by atoms with Crippen LogP contribution in [-0.4, -0.2) is 34.8 Å². The monoisotopic (exact) mass is 626 g/mol. The van der Waals surface area contributed by atoms with Gasteiger partial charge in [-0.2, -0.15) is 0 Å². The van der Waals surface area contributed by atoms with Crippen molar-refractivity contribution in [1.82, 2.24) is 10.6 Å². The van der Waals surface area contributed by atoms with Crippen molar-refractivity contribution in [1.29, 1.82) is 0 Å². The number of aryl methyl sites for hydroxylation is 3. The van der Waals surface area contributed by atoms with Crippen molar-refractivity contribution in [3.63, 3.8) is 0 Å². The molecular formula is C37H53Cl2N2P. The predicted molar refractivity (Wildman–Crippen MR) is 187 cm³/mol. The van der Waals surface area contributed by atoms with Gasteiger partial charge in [0.25, 0.3) is 0 Å². The van der Waals surface area contributed by atoms with Gasteiger partial charge in [0.05, 0.1) is 9.49 Å². The zero-order valence-corrected chi connectivity index (χ0v) is 28.7. The number of benzene rings is 1. The molecule has 0 bridgehead atoms. The SMILES string of the molecule is Cc1cc(C)c(C2(Cl)CCCCC2(Cl)P(=CC2C=CC=CC2=C2NCCN2)(C2CCCCC2)C2CCCCC2)c(C)c1. The summed E-state index contributed by atoms with van der Waals surface area (Å²) in [6.45, 7) is 6.81. The largest absolute Gasteiger partial charge is 0.370 e. The summed E-state index contributed by atoms with van der Waals surface area (Å²) in [7, 11) is 0. The number of nitrogens with one attached hydrogen (secondary N) is 2. The molecule has 2 nitrogen and oxygen atoms in total. The van der Waals surface area contributed by atoms with Gasteiger partial charge in [0.15, 0.2) is 0 Å². The fraction of sp³-hybridized carbons (Fsp3) is 0.649. The molecule has 1 aromatic rings. The number of alkyl halides is 2. The van der Waals surface area contributed by atoms with Crippen LogP contribution in [0.25, 0.3) is 0 Å². The Morgan fingerprint density at radius 2 is 1.33 bits per heavy atom. The Morgan fingerprint density at radius 3 is 1.93 bits per heavy atom. The highest BCUT2D eigenvalue weighted by atomic mass is 35.5. The molecule has 0 radical (unpaired) electrons. The molecule has 1 aliphatic heterocycles. The molecule has 0 amide bonds. The predicted octanol–water partition coefficient (Wildman–Crippen LogP) is 10.2. The van der Waals surface area contributed by atoms with Crippen LogP contribution in [0.1, 0.15) is 112 Å². The van der Waals surface area contributed by atoms with Crippen molar-refractivity contribution in [2.24, 2.45) is 5.92 Å². The van der Waals surface area contributed by atoms with Crippen molar-refractivity contribution in [3.8, 4) is 0 Å². The second-order valence-corrected chi connectivity index (χ2v) is 19.8. The zero-order chi connectivity index (χ0) is 29.4. The second kappa shape index (κ2) is 12.7. The van der Waals surface area contributed by atoms with Gasteiger partial charge in [-0.1, -0.05) is 106 Å². The number of rotatable bonds is 5. The molecule has 2 N–H and O–H groups in total. The highest BCUT2D eigenvalue weighted by molar-refractivity contribution is 7.79. The summed E-state index contributed by atoms with van der Waals surface area (Å²) in [6, 6.07) is 4.72. The average molecular weight is 628 g/mol. The van der Waals surface area contributed by atoms with Crippen LogP contribution in [0.15, 0.2) is 47.8 Å². The lowest BCUT2D eigenvalue weighted by atomic mass is 9.78. The van der Waals surface area contributed by atoms with Gasteiger partial charge >= 0.3 is 0 Å². The fourth-order valence-electron chi connectivity index (χ4n) is 9.84. The molecule has 0 aromatic heterocycles. The molecule has 42 heavy (non-hydrogen) atoms. The van der Waals surface area contributed by atoms with Crippen LogP contribution in [0.2, 0.25) is 0 Å². The minimum Gasteiger partial charge on any atom is -0.370 e. The molecule has 5 heteroatoms. The highest BCUT2D eigenvalue weighted by Gasteiger charge is 2.63. The van der Waals surface area contributed by atoms with E-state index in [4.69, 9.17) is 23.2 Å². The van der Waals surface area contributed by atoms with E-state index in [1.807, 2.05) is 0 Å². The van der Waals surface area contributed by atoms with Crippen LogP contribution < -0.4 is 10.6 Å². The maximum Gasteiger partial charge on any atom is 0.103 e. The lowest BCUT2D eigenvalue weighted by molar-refractivity contribution is 0.361. The average Bonchev–Trinajstić information content (AvgIpc) is 3.53. The number of hydrogen-bond donors (Lipinski definition) is 2. The van der Waals surface area contributed by atoms with E-state index in [0.717, 1.165) is 32.4 Å². The third-order valence-corrected chi connectivity index (χ3v) is 19.8. The Hall–Kier alpha value is -1.08. The molecule has 4 aliphatic carbocycles. The molecule has 1 aromatic carbocycles. The molecule has 4 fully saturated rings. The van der Waals surface area contributed by atoms with E-state index in [9.17, 15) is 0 Å². The van der Waals surface area contributed by atoms with Crippen molar-refractivity contribution in [2.75, 3.05) is 13.1 Å². The van der Waals surface area contributed by atoms with Crippen molar-refractivity contribution in [3.05, 3.63) is 70.1 Å². The third-order valence-electron chi connectivity index (χ3n) is 11.4. The summed E-state index contributed by atoms with van der Waals surface area (Å²) in [5.41, 5.74) is 8.08. The van der Waals surface area contributed by atoms with Crippen LogP contribution in [0.4, 0.5) is 0 Å². The molecule has 0 spiro atoms. The quantitative estimate of drug-likeness (QED) is 0.251.